The lowest BCUT2D eigenvalue weighted by Gasteiger charge is -2.56. The Kier molecular flexibility index (Phi) is 3.50. The minimum Gasteiger partial charge on any atom is -0.377 e. The fourth-order valence-corrected chi connectivity index (χ4v) is 3.91. The average Bonchev–Trinajstić information content (AvgIpc) is 3.29. The molecule has 3 heterocycles. The van der Waals surface area contributed by atoms with Gasteiger partial charge in [0.15, 0.2) is 5.78 Å². The molecule has 1 aliphatic carbocycles. The van der Waals surface area contributed by atoms with Crippen LogP contribution < -0.4 is 0 Å². The summed E-state index contributed by atoms with van der Waals surface area (Å²) in [5, 5.41) is 8.15. The number of hydrogen-bond acceptors (Lipinski definition) is 5. The second kappa shape index (κ2) is 5.75. The van der Waals surface area contributed by atoms with Crippen LogP contribution in [0, 0.1) is 5.92 Å². The minimum absolute atomic E-state index is 0.00984. The van der Waals surface area contributed by atoms with Gasteiger partial charge in [0.2, 0.25) is 0 Å². The number of ether oxygens (including phenoxy) is 1. The highest BCUT2D eigenvalue weighted by Crippen LogP contribution is 2.41. The van der Waals surface area contributed by atoms with Gasteiger partial charge in [-0.15, -0.1) is 5.10 Å². The van der Waals surface area contributed by atoms with Crippen molar-refractivity contribution >= 4 is 5.78 Å². The van der Waals surface area contributed by atoms with Gasteiger partial charge in [-0.1, -0.05) is 35.5 Å². The Bertz CT molecular complexity index is 774. The number of benzene rings is 1. The summed E-state index contributed by atoms with van der Waals surface area (Å²) in [5.41, 5.74) is 1.85. The zero-order valence-corrected chi connectivity index (χ0v) is 14.2. The number of Topliss-reactive ketones (excluding diaryl/α,β-unsaturated/α-hetero) is 1. The van der Waals surface area contributed by atoms with E-state index in [0.29, 0.717) is 24.1 Å². The second-order valence-corrected chi connectivity index (χ2v) is 7.60. The molecule has 0 spiro atoms. The normalized spacial score (nSPS) is 23.0. The predicted molar refractivity (Wildman–Crippen MR) is 91.2 cm³/mol. The lowest BCUT2D eigenvalue weighted by Crippen LogP contribution is -2.66. The highest BCUT2D eigenvalue weighted by Gasteiger charge is 2.50. The standard InChI is InChI=1S/C19H22N4O2/c24-18(17-11-23(21-20-17)16-6-7-16)8-14-9-22(10-14)19(12-25-13-19)15-4-2-1-3-5-15/h1-5,11,14,16H,6-10,12-13H2. The minimum atomic E-state index is 0.00984. The number of ketones is 1. The third-order valence-corrected chi connectivity index (χ3v) is 5.75. The largest absolute Gasteiger partial charge is 0.377 e. The van der Waals surface area contributed by atoms with E-state index in [9.17, 15) is 4.79 Å². The molecule has 2 aliphatic heterocycles. The molecule has 2 saturated heterocycles. The molecular weight excluding hydrogens is 316 g/mol. The van der Waals surface area contributed by atoms with Crippen LogP contribution in [0.5, 0.6) is 0 Å². The van der Waals surface area contributed by atoms with E-state index in [1.807, 2.05) is 16.9 Å². The molecule has 0 bridgehead atoms. The van der Waals surface area contributed by atoms with E-state index in [0.717, 1.165) is 39.1 Å². The second-order valence-electron chi connectivity index (χ2n) is 7.60. The Balaban J connectivity index is 1.20. The topological polar surface area (TPSA) is 60.2 Å². The van der Waals surface area contributed by atoms with E-state index < -0.39 is 0 Å². The smallest absolute Gasteiger partial charge is 0.185 e. The highest BCUT2D eigenvalue weighted by atomic mass is 16.5. The molecule has 5 rings (SSSR count). The number of likely N-dealkylation sites (tertiary alicyclic amines) is 1. The molecule has 1 aromatic carbocycles. The fraction of sp³-hybridized carbons (Fsp3) is 0.526. The van der Waals surface area contributed by atoms with Crippen LogP contribution in [0.2, 0.25) is 0 Å². The van der Waals surface area contributed by atoms with Crippen LogP contribution in [0.25, 0.3) is 0 Å². The molecule has 6 heteroatoms. The van der Waals surface area contributed by atoms with Gasteiger partial charge in [-0.3, -0.25) is 9.69 Å². The zero-order chi connectivity index (χ0) is 16.9. The molecule has 2 aromatic rings. The summed E-state index contributed by atoms with van der Waals surface area (Å²) in [7, 11) is 0. The van der Waals surface area contributed by atoms with E-state index in [1.165, 1.54) is 5.56 Å². The molecule has 0 amide bonds. The molecule has 0 atom stereocenters. The summed E-state index contributed by atoms with van der Waals surface area (Å²) in [5.74, 6) is 0.523. The van der Waals surface area contributed by atoms with Gasteiger partial charge >= 0.3 is 0 Å². The van der Waals surface area contributed by atoms with Crippen molar-refractivity contribution in [1.29, 1.82) is 0 Å². The van der Waals surface area contributed by atoms with E-state index in [4.69, 9.17) is 4.74 Å². The van der Waals surface area contributed by atoms with E-state index >= 15 is 0 Å². The van der Waals surface area contributed by atoms with Gasteiger partial charge in [-0.25, -0.2) is 4.68 Å². The highest BCUT2D eigenvalue weighted by molar-refractivity contribution is 5.94. The molecule has 25 heavy (non-hydrogen) atoms. The van der Waals surface area contributed by atoms with Gasteiger partial charge in [0.1, 0.15) is 5.69 Å². The first-order chi connectivity index (χ1) is 12.2. The van der Waals surface area contributed by atoms with Gasteiger partial charge in [0.05, 0.1) is 31.0 Å². The number of carbonyl (C=O) groups excluding carboxylic acids is 1. The van der Waals surface area contributed by atoms with Crippen molar-refractivity contribution in [3.8, 4) is 0 Å². The first kappa shape index (κ1) is 15.2. The molecule has 6 nitrogen and oxygen atoms in total. The Morgan fingerprint density at radius 2 is 1.96 bits per heavy atom. The number of aromatic nitrogens is 3. The number of rotatable bonds is 6. The van der Waals surface area contributed by atoms with Gasteiger partial charge in [0, 0.05) is 19.5 Å². The fourth-order valence-electron chi connectivity index (χ4n) is 3.91. The van der Waals surface area contributed by atoms with Crippen molar-refractivity contribution in [2.75, 3.05) is 26.3 Å². The van der Waals surface area contributed by atoms with Crippen LogP contribution in [0.1, 0.15) is 41.4 Å². The maximum Gasteiger partial charge on any atom is 0.185 e. The Hall–Kier alpha value is -2.05. The first-order valence-electron chi connectivity index (χ1n) is 9.08. The molecule has 0 unspecified atom stereocenters. The van der Waals surface area contributed by atoms with E-state index in [1.54, 1.807) is 0 Å². The summed E-state index contributed by atoms with van der Waals surface area (Å²) in [6, 6.07) is 11.0. The van der Waals surface area contributed by atoms with Crippen molar-refractivity contribution in [2.24, 2.45) is 5.92 Å². The van der Waals surface area contributed by atoms with Gasteiger partial charge in [-0.05, 0) is 24.3 Å². The maximum atomic E-state index is 12.5. The third kappa shape index (κ3) is 2.60. The van der Waals surface area contributed by atoms with Crippen LogP contribution in [0.15, 0.2) is 36.5 Å². The van der Waals surface area contributed by atoms with Crippen LogP contribution in [-0.2, 0) is 10.3 Å². The quantitative estimate of drug-likeness (QED) is 0.755. The van der Waals surface area contributed by atoms with Crippen molar-refractivity contribution < 1.29 is 9.53 Å². The summed E-state index contributed by atoms with van der Waals surface area (Å²) in [6.45, 7) is 3.38. The van der Waals surface area contributed by atoms with Crippen molar-refractivity contribution in [3.05, 3.63) is 47.8 Å². The number of carbonyl (C=O) groups is 1. The summed E-state index contributed by atoms with van der Waals surface area (Å²) in [6.07, 6.45) is 4.68. The Morgan fingerprint density at radius 1 is 1.20 bits per heavy atom. The molecule has 1 saturated carbocycles. The van der Waals surface area contributed by atoms with E-state index in [-0.39, 0.29) is 11.3 Å². The molecule has 0 radical (unpaired) electrons. The summed E-state index contributed by atoms with van der Waals surface area (Å²) in [4.78, 5) is 14.9. The lowest BCUT2D eigenvalue weighted by molar-refractivity contribution is -0.178. The summed E-state index contributed by atoms with van der Waals surface area (Å²) < 4.78 is 7.38. The monoisotopic (exact) mass is 338 g/mol. The molecule has 1 aromatic heterocycles. The zero-order valence-electron chi connectivity index (χ0n) is 14.2. The third-order valence-electron chi connectivity index (χ3n) is 5.75. The Morgan fingerprint density at radius 3 is 2.60 bits per heavy atom. The predicted octanol–water partition coefficient (Wildman–Crippen LogP) is 2.04. The SMILES string of the molecule is O=C(CC1CN(C2(c3ccccc3)COC2)C1)c1cn(C2CC2)nn1. The van der Waals surface area contributed by atoms with Crippen molar-refractivity contribution in [2.45, 2.75) is 30.8 Å². The van der Waals surface area contributed by atoms with Crippen LogP contribution >= 0.6 is 0 Å². The molecular formula is C19H22N4O2. The lowest BCUT2D eigenvalue weighted by atomic mass is 9.80. The Labute approximate surface area is 146 Å². The maximum absolute atomic E-state index is 12.5. The van der Waals surface area contributed by atoms with Crippen LogP contribution in [0.4, 0.5) is 0 Å². The molecule has 0 N–H and O–H groups in total. The van der Waals surface area contributed by atoms with Gasteiger partial charge in [-0.2, -0.15) is 0 Å². The molecule has 130 valence electrons. The first-order valence-corrected chi connectivity index (χ1v) is 9.08. The van der Waals surface area contributed by atoms with Crippen LogP contribution in [-0.4, -0.2) is 52.0 Å². The number of hydrogen-bond donors (Lipinski definition) is 0. The van der Waals surface area contributed by atoms with Gasteiger partial charge < -0.3 is 4.74 Å². The summed E-state index contributed by atoms with van der Waals surface area (Å²) >= 11 is 0. The van der Waals surface area contributed by atoms with Crippen molar-refractivity contribution in [1.82, 2.24) is 19.9 Å². The van der Waals surface area contributed by atoms with Crippen molar-refractivity contribution in [3.63, 3.8) is 0 Å². The molecule has 3 fully saturated rings. The van der Waals surface area contributed by atoms with Gasteiger partial charge in [0.25, 0.3) is 0 Å². The van der Waals surface area contributed by atoms with E-state index in [2.05, 4.69) is 39.5 Å². The van der Waals surface area contributed by atoms with Crippen LogP contribution in [0.3, 0.4) is 0 Å². The number of nitrogens with zero attached hydrogens (tertiary/aromatic N) is 4. The molecule has 3 aliphatic rings. The average molecular weight is 338 g/mol.